The first kappa shape index (κ1) is 8.63. The van der Waals surface area contributed by atoms with Gasteiger partial charge in [-0.25, -0.2) is 4.98 Å². The molecule has 0 unspecified atom stereocenters. The molecule has 0 bridgehead atoms. The van der Waals surface area contributed by atoms with E-state index in [1.807, 2.05) is 6.07 Å². The van der Waals surface area contributed by atoms with Gasteiger partial charge in [-0.3, -0.25) is 0 Å². The van der Waals surface area contributed by atoms with Crippen molar-refractivity contribution < 1.29 is 4.39 Å². The zero-order chi connectivity index (χ0) is 9.10. The van der Waals surface area contributed by atoms with Crippen LogP contribution < -0.4 is 5.32 Å². The minimum atomic E-state index is -0.391. The second-order valence-electron chi connectivity index (χ2n) is 3.44. The molecular formula is C10H13FN2. The molecule has 1 fully saturated rings. The van der Waals surface area contributed by atoms with Gasteiger partial charge in [-0.2, -0.15) is 4.39 Å². The molecule has 2 heterocycles. The lowest BCUT2D eigenvalue weighted by atomic mass is 9.91. The number of nitrogens with one attached hydrogen (secondary N) is 1. The predicted molar refractivity (Wildman–Crippen MR) is 49.0 cm³/mol. The Balaban J connectivity index is 2.10. The van der Waals surface area contributed by atoms with Gasteiger partial charge < -0.3 is 5.32 Å². The summed E-state index contributed by atoms with van der Waals surface area (Å²) in [4.78, 5) is 3.67. The highest BCUT2D eigenvalue weighted by molar-refractivity contribution is 5.15. The Bertz CT molecular complexity index is 265. The summed E-state index contributed by atoms with van der Waals surface area (Å²) in [6, 6.07) is 3.29. The van der Waals surface area contributed by atoms with Crippen LogP contribution in [0.3, 0.4) is 0 Å². The van der Waals surface area contributed by atoms with E-state index in [-0.39, 0.29) is 0 Å². The van der Waals surface area contributed by atoms with E-state index in [0.717, 1.165) is 25.9 Å². The van der Waals surface area contributed by atoms with Crippen LogP contribution in [0, 0.1) is 5.95 Å². The number of piperidine rings is 1. The average molecular weight is 180 g/mol. The quantitative estimate of drug-likeness (QED) is 0.665. The van der Waals surface area contributed by atoms with Crippen LogP contribution in [0.2, 0.25) is 0 Å². The van der Waals surface area contributed by atoms with Crippen LogP contribution >= 0.6 is 0 Å². The maximum absolute atomic E-state index is 12.5. The first-order valence-corrected chi connectivity index (χ1v) is 4.68. The second-order valence-corrected chi connectivity index (χ2v) is 3.44. The molecule has 70 valence electrons. The SMILES string of the molecule is Fc1ccc(C2CCNCC2)cn1. The maximum atomic E-state index is 12.5. The van der Waals surface area contributed by atoms with E-state index in [1.165, 1.54) is 11.6 Å². The molecule has 2 nitrogen and oxygen atoms in total. The molecule has 1 N–H and O–H groups in total. The third-order valence-corrected chi connectivity index (χ3v) is 2.56. The van der Waals surface area contributed by atoms with Crippen molar-refractivity contribution in [2.75, 3.05) is 13.1 Å². The highest BCUT2D eigenvalue weighted by Gasteiger charge is 2.14. The van der Waals surface area contributed by atoms with E-state index < -0.39 is 5.95 Å². The number of rotatable bonds is 1. The number of pyridine rings is 1. The molecule has 13 heavy (non-hydrogen) atoms. The molecule has 0 spiro atoms. The van der Waals surface area contributed by atoms with Crippen LogP contribution in [0.5, 0.6) is 0 Å². The summed E-state index contributed by atoms with van der Waals surface area (Å²) in [6.45, 7) is 2.12. The fourth-order valence-corrected chi connectivity index (χ4v) is 1.78. The van der Waals surface area contributed by atoms with Crippen molar-refractivity contribution in [1.29, 1.82) is 0 Å². The standard InChI is InChI=1S/C10H13FN2/c11-10-2-1-9(7-13-10)8-3-5-12-6-4-8/h1-2,7-8,12H,3-6H2. The van der Waals surface area contributed by atoms with E-state index in [9.17, 15) is 4.39 Å². The first-order valence-electron chi connectivity index (χ1n) is 4.68. The lowest BCUT2D eigenvalue weighted by Crippen LogP contribution is -2.26. The van der Waals surface area contributed by atoms with E-state index in [1.54, 1.807) is 6.20 Å². The third kappa shape index (κ3) is 2.04. The Morgan fingerprint density at radius 1 is 1.31 bits per heavy atom. The van der Waals surface area contributed by atoms with Crippen LogP contribution in [-0.4, -0.2) is 18.1 Å². The molecule has 1 aliphatic heterocycles. The number of hydrogen-bond donors (Lipinski definition) is 1. The Kier molecular flexibility index (Phi) is 2.54. The monoisotopic (exact) mass is 180 g/mol. The van der Waals surface area contributed by atoms with Crippen molar-refractivity contribution in [2.45, 2.75) is 18.8 Å². The van der Waals surface area contributed by atoms with Gasteiger partial charge in [-0.1, -0.05) is 6.07 Å². The molecule has 1 aromatic rings. The molecule has 0 saturated carbocycles. The molecule has 2 rings (SSSR count). The molecular weight excluding hydrogens is 167 g/mol. The number of halogens is 1. The van der Waals surface area contributed by atoms with Crippen molar-refractivity contribution in [2.24, 2.45) is 0 Å². The average Bonchev–Trinajstić information content (AvgIpc) is 2.20. The van der Waals surface area contributed by atoms with Gasteiger partial charge in [0.05, 0.1) is 0 Å². The van der Waals surface area contributed by atoms with Gasteiger partial charge in [0.15, 0.2) is 0 Å². The van der Waals surface area contributed by atoms with Crippen molar-refractivity contribution in [3.8, 4) is 0 Å². The molecule has 1 aliphatic rings. The molecule has 0 amide bonds. The first-order chi connectivity index (χ1) is 6.36. The summed E-state index contributed by atoms with van der Waals surface area (Å²) in [5.74, 6) is 0.173. The molecule has 1 saturated heterocycles. The van der Waals surface area contributed by atoms with Gasteiger partial charge in [0.25, 0.3) is 0 Å². The summed E-state index contributed by atoms with van der Waals surface area (Å²) >= 11 is 0. The Hall–Kier alpha value is -0.960. The fourth-order valence-electron chi connectivity index (χ4n) is 1.78. The molecule has 0 aliphatic carbocycles. The molecule has 3 heteroatoms. The molecule has 1 aromatic heterocycles. The van der Waals surface area contributed by atoms with Crippen molar-refractivity contribution in [1.82, 2.24) is 10.3 Å². The van der Waals surface area contributed by atoms with E-state index in [0.29, 0.717) is 5.92 Å². The van der Waals surface area contributed by atoms with Gasteiger partial charge >= 0.3 is 0 Å². The van der Waals surface area contributed by atoms with E-state index in [4.69, 9.17) is 0 Å². The van der Waals surface area contributed by atoms with Crippen LogP contribution in [0.25, 0.3) is 0 Å². The normalized spacial score (nSPS) is 18.8. The topological polar surface area (TPSA) is 24.9 Å². The molecule has 0 radical (unpaired) electrons. The Morgan fingerprint density at radius 2 is 2.08 bits per heavy atom. The van der Waals surface area contributed by atoms with Gasteiger partial charge in [0, 0.05) is 6.20 Å². The maximum Gasteiger partial charge on any atom is 0.212 e. The zero-order valence-corrected chi connectivity index (χ0v) is 7.46. The van der Waals surface area contributed by atoms with E-state index >= 15 is 0 Å². The van der Waals surface area contributed by atoms with Crippen LogP contribution in [-0.2, 0) is 0 Å². The summed E-state index contributed by atoms with van der Waals surface area (Å²) in [5, 5.41) is 3.30. The highest BCUT2D eigenvalue weighted by atomic mass is 19.1. The number of hydrogen-bond acceptors (Lipinski definition) is 2. The minimum Gasteiger partial charge on any atom is -0.317 e. The van der Waals surface area contributed by atoms with Gasteiger partial charge in [0.1, 0.15) is 0 Å². The van der Waals surface area contributed by atoms with Crippen molar-refractivity contribution in [3.05, 3.63) is 29.8 Å². The van der Waals surface area contributed by atoms with E-state index in [2.05, 4.69) is 10.3 Å². The van der Waals surface area contributed by atoms with Crippen LogP contribution in [0.15, 0.2) is 18.3 Å². The van der Waals surface area contributed by atoms with Crippen LogP contribution in [0.1, 0.15) is 24.3 Å². The van der Waals surface area contributed by atoms with Gasteiger partial charge in [-0.15, -0.1) is 0 Å². The van der Waals surface area contributed by atoms with Gasteiger partial charge in [-0.05, 0) is 43.5 Å². The lowest BCUT2D eigenvalue weighted by Gasteiger charge is -2.22. The smallest absolute Gasteiger partial charge is 0.212 e. The second kappa shape index (κ2) is 3.83. The predicted octanol–water partition coefficient (Wildman–Crippen LogP) is 1.69. The molecule has 0 atom stereocenters. The Labute approximate surface area is 77.2 Å². The van der Waals surface area contributed by atoms with Crippen LogP contribution in [0.4, 0.5) is 4.39 Å². The Morgan fingerprint density at radius 3 is 2.69 bits per heavy atom. The highest BCUT2D eigenvalue weighted by Crippen LogP contribution is 2.23. The fraction of sp³-hybridized carbons (Fsp3) is 0.500. The zero-order valence-electron chi connectivity index (χ0n) is 7.46. The minimum absolute atomic E-state index is 0.391. The summed E-state index contributed by atoms with van der Waals surface area (Å²) in [6.07, 6.45) is 3.92. The largest absolute Gasteiger partial charge is 0.317 e. The summed E-state index contributed by atoms with van der Waals surface area (Å²) in [7, 11) is 0. The van der Waals surface area contributed by atoms with Crippen molar-refractivity contribution in [3.63, 3.8) is 0 Å². The summed E-state index contributed by atoms with van der Waals surface area (Å²) in [5.41, 5.74) is 1.17. The van der Waals surface area contributed by atoms with Gasteiger partial charge in [0.2, 0.25) is 5.95 Å². The number of aromatic nitrogens is 1. The molecule has 0 aromatic carbocycles. The third-order valence-electron chi connectivity index (χ3n) is 2.56. The van der Waals surface area contributed by atoms with Crippen molar-refractivity contribution >= 4 is 0 Å². The summed E-state index contributed by atoms with van der Waals surface area (Å²) < 4.78 is 12.5. The number of nitrogens with zero attached hydrogens (tertiary/aromatic N) is 1. The lowest BCUT2D eigenvalue weighted by molar-refractivity contribution is 0.458.